The molecule has 7 heteroatoms. The number of rotatable bonds is 6. The van der Waals surface area contributed by atoms with Crippen LogP contribution in [0.5, 0.6) is 0 Å². The van der Waals surface area contributed by atoms with Gasteiger partial charge < -0.3 is 4.57 Å². The fourth-order valence-electron chi connectivity index (χ4n) is 2.96. The summed E-state index contributed by atoms with van der Waals surface area (Å²) in [6.45, 7) is 9.69. The van der Waals surface area contributed by atoms with E-state index in [0.717, 1.165) is 21.3 Å². The Morgan fingerprint density at radius 3 is 2.52 bits per heavy atom. The normalized spacial score (nSPS) is 12.6. The first-order valence-electron chi connectivity index (χ1n) is 9.33. The molecule has 0 bridgehead atoms. The van der Waals surface area contributed by atoms with E-state index < -0.39 is 15.1 Å². The number of amides is 1. The van der Waals surface area contributed by atoms with Crippen LogP contribution in [0.3, 0.4) is 0 Å². The van der Waals surface area contributed by atoms with Crippen LogP contribution >= 0.6 is 11.3 Å². The standard InChI is InChI=1S/C22H24N2O3S2/c1-5-12-24-19-11-6-16(4)13-20(19)28-22(24)23-21(25)14-17-7-9-18(10-8-17)29(26,27)15(2)3/h5-11,13,15H,1,12,14H2,2-4H3. The maximum Gasteiger partial charge on any atom is 0.252 e. The largest absolute Gasteiger partial charge is 0.313 e. The number of allylic oxidation sites excluding steroid dienone is 1. The molecule has 0 aliphatic carbocycles. The minimum Gasteiger partial charge on any atom is -0.313 e. The van der Waals surface area contributed by atoms with E-state index in [9.17, 15) is 13.2 Å². The summed E-state index contributed by atoms with van der Waals surface area (Å²) in [5, 5.41) is -0.484. The van der Waals surface area contributed by atoms with Crippen molar-refractivity contribution >= 4 is 37.3 Å². The van der Waals surface area contributed by atoms with Crippen molar-refractivity contribution in [3.05, 3.63) is 71.0 Å². The van der Waals surface area contributed by atoms with Crippen LogP contribution in [0, 0.1) is 6.92 Å². The maximum atomic E-state index is 12.6. The highest BCUT2D eigenvalue weighted by Gasteiger charge is 2.18. The number of hydrogen-bond acceptors (Lipinski definition) is 4. The van der Waals surface area contributed by atoms with Gasteiger partial charge in [-0.1, -0.05) is 35.6 Å². The Labute approximate surface area is 175 Å². The van der Waals surface area contributed by atoms with E-state index >= 15 is 0 Å². The Bertz CT molecular complexity index is 1230. The van der Waals surface area contributed by atoms with Gasteiger partial charge >= 0.3 is 0 Å². The van der Waals surface area contributed by atoms with Crippen molar-refractivity contribution in [2.75, 3.05) is 0 Å². The highest BCUT2D eigenvalue weighted by Crippen LogP contribution is 2.19. The van der Waals surface area contributed by atoms with E-state index in [4.69, 9.17) is 0 Å². The van der Waals surface area contributed by atoms with Crippen LogP contribution in [0.1, 0.15) is 25.0 Å². The molecular weight excluding hydrogens is 404 g/mol. The predicted octanol–water partition coefficient (Wildman–Crippen LogP) is 4.05. The average Bonchev–Trinajstić information content (AvgIpc) is 2.98. The van der Waals surface area contributed by atoms with Gasteiger partial charge in [0.2, 0.25) is 0 Å². The molecule has 0 spiro atoms. The molecule has 2 aromatic carbocycles. The second-order valence-corrected chi connectivity index (χ2v) is 10.7. The fourth-order valence-corrected chi connectivity index (χ4v) is 5.18. The summed E-state index contributed by atoms with van der Waals surface area (Å²) in [5.74, 6) is -0.273. The number of fused-ring (bicyclic) bond motifs is 1. The molecule has 0 N–H and O–H groups in total. The molecule has 3 rings (SSSR count). The van der Waals surface area contributed by atoms with E-state index in [2.05, 4.69) is 17.6 Å². The van der Waals surface area contributed by atoms with Gasteiger partial charge in [-0.15, -0.1) is 6.58 Å². The van der Waals surface area contributed by atoms with E-state index in [0.29, 0.717) is 11.3 Å². The van der Waals surface area contributed by atoms with Gasteiger partial charge in [-0.05, 0) is 56.2 Å². The van der Waals surface area contributed by atoms with Gasteiger partial charge in [0.25, 0.3) is 5.91 Å². The number of sulfone groups is 1. The number of benzene rings is 2. The van der Waals surface area contributed by atoms with E-state index in [1.54, 1.807) is 44.2 Å². The zero-order valence-electron chi connectivity index (χ0n) is 16.8. The first-order chi connectivity index (χ1) is 13.7. The van der Waals surface area contributed by atoms with Crippen LogP contribution in [0.2, 0.25) is 0 Å². The molecule has 3 aromatic rings. The van der Waals surface area contributed by atoms with E-state index in [1.165, 1.54) is 11.3 Å². The first kappa shape index (κ1) is 21.2. The first-order valence-corrected chi connectivity index (χ1v) is 11.7. The molecule has 0 atom stereocenters. The minimum atomic E-state index is -3.32. The zero-order chi connectivity index (χ0) is 21.2. The molecule has 0 aliphatic heterocycles. The third kappa shape index (κ3) is 4.57. The summed E-state index contributed by atoms with van der Waals surface area (Å²) in [6, 6.07) is 12.6. The lowest BCUT2D eigenvalue weighted by Crippen LogP contribution is -2.17. The predicted molar refractivity (Wildman–Crippen MR) is 118 cm³/mol. The molecule has 1 aromatic heterocycles. The lowest BCUT2D eigenvalue weighted by atomic mass is 10.1. The van der Waals surface area contributed by atoms with Crippen LogP contribution < -0.4 is 4.80 Å². The number of thiazole rings is 1. The Morgan fingerprint density at radius 2 is 1.90 bits per heavy atom. The molecule has 1 amide bonds. The van der Waals surface area contributed by atoms with Crippen molar-refractivity contribution in [2.45, 2.75) is 43.9 Å². The monoisotopic (exact) mass is 428 g/mol. The van der Waals surface area contributed by atoms with Gasteiger partial charge in [-0.3, -0.25) is 4.79 Å². The number of carbonyl (C=O) groups is 1. The Hall–Kier alpha value is -2.51. The second-order valence-electron chi connectivity index (χ2n) is 7.18. The summed E-state index contributed by atoms with van der Waals surface area (Å²) in [7, 11) is -3.32. The van der Waals surface area contributed by atoms with Gasteiger partial charge in [0.05, 0.1) is 26.8 Å². The fraction of sp³-hybridized carbons (Fsp3) is 0.273. The zero-order valence-corrected chi connectivity index (χ0v) is 18.4. The van der Waals surface area contributed by atoms with Crippen LogP contribution in [0.25, 0.3) is 10.2 Å². The summed E-state index contributed by atoms with van der Waals surface area (Å²) in [5.41, 5.74) is 2.91. The van der Waals surface area contributed by atoms with Crippen molar-refractivity contribution in [2.24, 2.45) is 4.99 Å². The minimum absolute atomic E-state index is 0.114. The molecule has 0 unspecified atom stereocenters. The third-order valence-corrected chi connectivity index (χ3v) is 7.81. The summed E-state index contributed by atoms with van der Waals surface area (Å²) < 4.78 is 27.5. The third-order valence-electron chi connectivity index (χ3n) is 4.60. The topological polar surface area (TPSA) is 68.5 Å². The van der Waals surface area contributed by atoms with Crippen LogP contribution in [0.4, 0.5) is 0 Å². The van der Waals surface area contributed by atoms with E-state index in [1.807, 2.05) is 23.6 Å². The quantitative estimate of drug-likeness (QED) is 0.556. The highest BCUT2D eigenvalue weighted by atomic mass is 32.2. The SMILES string of the molecule is C=CCn1c(=NC(=O)Cc2ccc(S(=O)(=O)C(C)C)cc2)sc2cc(C)ccc21. The lowest BCUT2D eigenvalue weighted by Gasteiger charge is -2.08. The summed E-state index contributed by atoms with van der Waals surface area (Å²) >= 11 is 1.47. The molecule has 152 valence electrons. The molecule has 29 heavy (non-hydrogen) atoms. The number of aryl methyl sites for hydroxylation is 1. The number of nitrogens with zero attached hydrogens (tertiary/aromatic N) is 2. The van der Waals surface area contributed by atoms with Gasteiger partial charge in [0.15, 0.2) is 14.6 Å². The summed E-state index contributed by atoms with van der Waals surface area (Å²) in [4.78, 5) is 17.8. The maximum absolute atomic E-state index is 12.6. The molecule has 0 saturated carbocycles. The van der Waals surface area contributed by atoms with Crippen molar-refractivity contribution in [3.8, 4) is 0 Å². The van der Waals surface area contributed by atoms with Crippen molar-refractivity contribution in [3.63, 3.8) is 0 Å². The molecular formula is C22H24N2O3S2. The molecule has 0 radical (unpaired) electrons. The Kier molecular flexibility index (Phi) is 6.19. The Balaban J connectivity index is 1.89. The van der Waals surface area contributed by atoms with Gasteiger partial charge in [-0.2, -0.15) is 4.99 Å². The van der Waals surface area contributed by atoms with Crippen molar-refractivity contribution in [1.29, 1.82) is 0 Å². The molecule has 5 nitrogen and oxygen atoms in total. The smallest absolute Gasteiger partial charge is 0.252 e. The van der Waals surface area contributed by atoms with Gasteiger partial charge in [0.1, 0.15) is 0 Å². The average molecular weight is 429 g/mol. The summed E-state index contributed by atoms with van der Waals surface area (Å²) in [6.07, 6.45) is 1.90. The Morgan fingerprint density at radius 1 is 1.21 bits per heavy atom. The van der Waals surface area contributed by atoms with E-state index in [-0.39, 0.29) is 17.2 Å². The van der Waals surface area contributed by atoms with Gasteiger partial charge in [-0.25, -0.2) is 8.42 Å². The van der Waals surface area contributed by atoms with Crippen LogP contribution in [0.15, 0.2) is 65.0 Å². The lowest BCUT2D eigenvalue weighted by molar-refractivity contribution is -0.117. The van der Waals surface area contributed by atoms with Gasteiger partial charge in [0, 0.05) is 6.54 Å². The van der Waals surface area contributed by atoms with Crippen LogP contribution in [-0.4, -0.2) is 24.1 Å². The van der Waals surface area contributed by atoms with Crippen molar-refractivity contribution in [1.82, 2.24) is 4.57 Å². The number of carbonyl (C=O) groups excluding carboxylic acids is 1. The molecule has 0 fully saturated rings. The highest BCUT2D eigenvalue weighted by molar-refractivity contribution is 7.92. The molecule has 0 aliphatic rings. The molecule has 1 heterocycles. The molecule has 0 saturated heterocycles. The van der Waals surface area contributed by atoms with Crippen molar-refractivity contribution < 1.29 is 13.2 Å². The second kappa shape index (κ2) is 8.47. The number of aromatic nitrogens is 1. The number of hydrogen-bond donors (Lipinski definition) is 0. The van der Waals surface area contributed by atoms with Crippen LogP contribution in [-0.2, 0) is 27.6 Å².